The van der Waals surface area contributed by atoms with Gasteiger partial charge in [0.15, 0.2) is 0 Å². The van der Waals surface area contributed by atoms with E-state index >= 15 is 0 Å². The van der Waals surface area contributed by atoms with Gasteiger partial charge in [-0.25, -0.2) is 0 Å². The van der Waals surface area contributed by atoms with E-state index in [0.717, 1.165) is 19.6 Å². The Morgan fingerprint density at radius 2 is 2.11 bits per heavy atom. The predicted octanol–water partition coefficient (Wildman–Crippen LogP) is 3.02. The summed E-state index contributed by atoms with van der Waals surface area (Å²) in [5, 5.41) is 7.67. The number of carbonyl (C=O) groups is 1. The molecule has 1 aliphatic rings. The molecule has 1 fully saturated rings. The second-order valence-electron chi connectivity index (χ2n) is 5.41. The van der Waals surface area contributed by atoms with E-state index in [4.69, 9.17) is 0 Å². The van der Waals surface area contributed by atoms with Crippen molar-refractivity contribution >= 4 is 17.2 Å². The molecule has 1 saturated heterocycles. The van der Waals surface area contributed by atoms with E-state index < -0.39 is 0 Å². The van der Waals surface area contributed by atoms with Crippen molar-refractivity contribution in [2.45, 2.75) is 51.6 Å². The van der Waals surface area contributed by atoms with Crippen LogP contribution in [0.25, 0.3) is 0 Å². The van der Waals surface area contributed by atoms with Crippen LogP contribution in [0.4, 0.5) is 0 Å². The third kappa shape index (κ3) is 4.96. The molecule has 4 heteroatoms. The van der Waals surface area contributed by atoms with Gasteiger partial charge in [0.25, 0.3) is 0 Å². The summed E-state index contributed by atoms with van der Waals surface area (Å²) in [7, 11) is 0. The predicted molar refractivity (Wildman–Crippen MR) is 80.3 cm³/mol. The number of hydrogen-bond donors (Lipinski definition) is 1. The van der Waals surface area contributed by atoms with Gasteiger partial charge in [0.2, 0.25) is 5.91 Å². The Labute approximate surface area is 120 Å². The average molecular weight is 280 g/mol. The molecule has 2 rings (SSSR count). The number of nitrogens with one attached hydrogen (secondary N) is 1. The Balaban J connectivity index is 1.71. The SMILES string of the molecule is C[C@H](CC(=O)N1CCCCCC1)NCc1ccsc1. The summed E-state index contributed by atoms with van der Waals surface area (Å²) in [5.41, 5.74) is 1.30. The van der Waals surface area contributed by atoms with Gasteiger partial charge in [0.1, 0.15) is 0 Å². The van der Waals surface area contributed by atoms with Crippen LogP contribution in [0, 0.1) is 0 Å². The van der Waals surface area contributed by atoms with E-state index in [1.165, 1.54) is 31.2 Å². The fraction of sp³-hybridized carbons (Fsp3) is 0.667. The van der Waals surface area contributed by atoms with Gasteiger partial charge < -0.3 is 10.2 Å². The van der Waals surface area contributed by atoms with E-state index in [9.17, 15) is 4.79 Å². The van der Waals surface area contributed by atoms with E-state index in [1.807, 2.05) is 0 Å². The van der Waals surface area contributed by atoms with Crippen LogP contribution in [-0.2, 0) is 11.3 Å². The number of hydrogen-bond acceptors (Lipinski definition) is 3. The minimum atomic E-state index is 0.246. The first kappa shape index (κ1) is 14.5. The molecule has 2 heterocycles. The fourth-order valence-corrected chi connectivity index (χ4v) is 3.14. The van der Waals surface area contributed by atoms with Crippen molar-refractivity contribution in [3.8, 4) is 0 Å². The Morgan fingerprint density at radius 3 is 2.74 bits per heavy atom. The topological polar surface area (TPSA) is 32.3 Å². The van der Waals surface area contributed by atoms with Crippen molar-refractivity contribution in [3.63, 3.8) is 0 Å². The van der Waals surface area contributed by atoms with Crippen LogP contribution in [0.3, 0.4) is 0 Å². The Morgan fingerprint density at radius 1 is 1.37 bits per heavy atom. The standard InChI is InChI=1S/C15H24N2OS/c1-13(16-11-14-6-9-19-12-14)10-15(18)17-7-4-2-3-5-8-17/h6,9,12-13,16H,2-5,7-8,10-11H2,1H3/t13-/m1/s1. The van der Waals surface area contributed by atoms with Crippen molar-refractivity contribution in [2.24, 2.45) is 0 Å². The molecule has 1 atom stereocenters. The minimum Gasteiger partial charge on any atom is -0.343 e. The molecule has 1 aromatic heterocycles. The number of rotatable bonds is 5. The van der Waals surface area contributed by atoms with E-state index in [2.05, 4.69) is 34.0 Å². The summed E-state index contributed by atoms with van der Waals surface area (Å²) in [6, 6.07) is 2.37. The van der Waals surface area contributed by atoms with Crippen LogP contribution in [0.15, 0.2) is 16.8 Å². The van der Waals surface area contributed by atoms with Crippen molar-refractivity contribution < 1.29 is 4.79 Å². The molecule has 0 aromatic carbocycles. The molecule has 106 valence electrons. The average Bonchev–Trinajstić information content (AvgIpc) is 2.76. The zero-order valence-electron chi connectivity index (χ0n) is 11.7. The van der Waals surface area contributed by atoms with Crippen LogP contribution in [0.5, 0.6) is 0 Å². The summed E-state index contributed by atoms with van der Waals surface area (Å²) >= 11 is 1.72. The second-order valence-corrected chi connectivity index (χ2v) is 6.19. The normalized spacial score (nSPS) is 18.1. The third-order valence-electron chi connectivity index (χ3n) is 3.67. The molecular formula is C15H24N2OS. The van der Waals surface area contributed by atoms with Crippen LogP contribution < -0.4 is 5.32 Å². The van der Waals surface area contributed by atoms with Gasteiger partial charge in [-0.3, -0.25) is 4.79 Å². The number of amides is 1. The lowest BCUT2D eigenvalue weighted by atomic mass is 10.2. The van der Waals surface area contributed by atoms with Gasteiger partial charge in [0.05, 0.1) is 0 Å². The first-order valence-electron chi connectivity index (χ1n) is 7.28. The molecule has 1 amide bonds. The smallest absolute Gasteiger partial charge is 0.224 e. The Bertz CT molecular complexity index is 370. The summed E-state index contributed by atoms with van der Waals surface area (Å²) < 4.78 is 0. The number of nitrogens with zero attached hydrogens (tertiary/aromatic N) is 1. The Kier molecular flexibility index (Phi) is 5.86. The first-order valence-corrected chi connectivity index (χ1v) is 8.22. The zero-order valence-corrected chi connectivity index (χ0v) is 12.5. The van der Waals surface area contributed by atoms with E-state index in [1.54, 1.807) is 11.3 Å². The molecule has 0 saturated carbocycles. The van der Waals surface area contributed by atoms with Crippen molar-refractivity contribution in [1.29, 1.82) is 0 Å². The fourth-order valence-electron chi connectivity index (χ4n) is 2.47. The van der Waals surface area contributed by atoms with Gasteiger partial charge in [-0.2, -0.15) is 11.3 Å². The van der Waals surface area contributed by atoms with Crippen molar-refractivity contribution in [1.82, 2.24) is 10.2 Å². The maximum atomic E-state index is 12.2. The molecule has 0 aliphatic carbocycles. The van der Waals surface area contributed by atoms with Gasteiger partial charge >= 0.3 is 0 Å². The van der Waals surface area contributed by atoms with Crippen LogP contribution in [0.1, 0.15) is 44.6 Å². The van der Waals surface area contributed by atoms with Gasteiger partial charge in [-0.1, -0.05) is 12.8 Å². The summed E-state index contributed by atoms with van der Waals surface area (Å²) in [6.45, 7) is 4.87. The molecule has 0 spiro atoms. The number of likely N-dealkylation sites (tertiary alicyclic amines) is 1. The van der Waals surface area contributed by atoms with Crippen molar-refractivity contribution in [3.05, 3.63) is 22.4 Å². The van der Waals surface area contributed by atoms with E-state index in [0.29, 0.717) is 12.3 Å². The van der Waals surface area contributed by atoms with Gasteiger partial charge in [-0.05, 0) is 42.2 Å². The molecule has 1 aromatic rings. The van der Waals surface area contributed by atoms with Gasteiger partial charge in [-0.15, -0.1) is 0 Å². The third-order valence-corrected chi connectivity index (χ3v) is 4.41. The largest absolute Gasteiger partial charge is 0.343 e. The lowest BCUT2D eigenvalue weighted by Gasteiger charge is -2.22. The highest BCUT2D eigenvalue weighted by molar-refractivity contribution is 7.07. The molecular weight excluding hydrogens is 256 g/mol. The lowest BCUT2D eigenvalue weighted by Crippen LogP contribution is -2.37. The number of carbonyl (C=O) groups excluding carboxylic acids is 1. The molecule has 0 radical (unpaired) electrons. The molecule has 3 nitrogen and oxygen atoms in total. The summed E-state index contributed by atoms with van der Waals surface area (Å²) in [4.78, 5) is 14.3. The minimum absolute atomic E-state index is 0.246. The lowest BCUT2D eigenvalue weighted by molar-refractivity contribution is -0.131. The first-order chi connectivity index (χ1) is 9.25. The van der Waals surface area contributed by atoms with Crippen LogP contribution in [-0.4, -0.2) is 29.9 Å². The van der Waals surface area contributed by atoms with Crippen molar-refractivity contribution in [2.75, 3.05) is 13.1 Å². The summed E-state index contributed by atoms with van der Waals surface area (Å²) in [5.74, 6) is 0.312. The quantitative estimate of drug-likeness (QED) is 0.899. The molecule has 1 aliphatic heterocycles. The highest BCUT2D eigenvalue weighted by atomic mass is 32.1. The van der Waals surface area contributed by atoms with Gasteiger partial charge in [0, 0.05) is 32.1 Å². The Hall–Kier alpha value is -0.870. The molecule has 19 heavy (non-hydrogen) atoms. The number of thiophene rings is 1. The van der Waals surface area contributed by atoms with E-state index in [-0.39, 0.29) is 6.04 Å². The molecule has 1 N–H and O–H groups in total. The molecule has 0 unspecified atom stereocenters. The molecule has 0 bridgehead atoms. The maximum Gasteiger partial charge on any atom is 0.224 e. The van der Waals surface area contributed by atoms with Crippen LogP contribution in [0.2, 0.25) is 0 Å². The van der Waals surface area contributed by atoms with Crippen LogP contribution >= 0.6 is 11.3 Å². The highest BCUT2D eigenvalue weighted by Gasteiger charge is 2.17. The second kappa shape index (κ2) is 7.65. The maximum absolute atomic E-state index is 12.2. The summed E-state index contributed by atoms with van der Waals surface area (Å²) in [6.07, 6.45) is 5.50. The zero-order chi connectivity index (χ0) is 13.5. The highest BCUT2D eigenvalue weighted by Crippen LogP contribution is 2.12. The monoisotopic (exact) mass is 280 g/mol.